The quantitative estimate of drug-likeness (QED) is 0.551. The number of ether oxygens (including phenoxy) is 1. The maximum atomic E-state index is 11.0. The zero-order valence-corrected chi connectivity index (χ0v) is 10.3. The Morgan fingerprint density at radius 1 is 1.50 bits per heavy atom. The highest BCUT2D eigenvalue weighted by molar-refractivity contribution is 7.12. The normalized spacial score (nSPS) is 10.4. The molecule has 3 N–H and O–H groups in total. The Labute approximate surface area is 99.8 Å². The Morgan fingerprint density at radius 3 is 2.94 bits per heavy atom. The van der Waals surface area contributed by atoms with Crippen molar-refractivity contribution in [3.05, 3.63) is 21.9 Å². The van der Waals surface area contributed by atoms with Crippen molar-refractivity contribution < 1.29 is 9.53 Å². The van der Waals surface area contributed by atoms with Crippen LogP contribution in [0, 0.1) is 0 Å². The molecule has 0 bridgehead atoms. The predicted octanol–water partition coefficient (Wildman–Crippen LogP) is 0.902. The molecule has 0 aliphatic rings. The van der Waals surface area contributed by atoms with E-state index in [2.05, 4.69) is 10.1 Å². The van der Waals surface area contributed by atoms with E-state index < -0.39 is 0 Å². The summed E-state index contributed by atoms with van der Waals surface area (Å²) < 4.78 is 4.61. The number of hydrogen-bond donors (Lipinski definition) is 2. The van der Waals surface area contributed by atoms with Crippen LogP contribution < -0.4 is 11.1 Å². The SMILES string of the molecule is COC(=O)Cc1ccc(CNCCCN)s1. The largest absolute Gasteiger partial charge is 0.469 e. The summed E-state index contributed by atoms with van der Waals surface area (Å²) in [4.78, 5) is 13.3. The Bertz CT molecular complexity index is 326. The summed E-state index contributed by atoms with van der Waals surface area (Å²) in [6.07, 6.45) is 1.35. The fourth-order valence-electron chi connectivity index (χ4n) is 1.27. The Kier molecular flexibility index (Phi) is 6.07. The van der Waals surface area contributed by atoms with Crippen LogP contribution in [-0.2, 0) is 22.5 Å². The second kappa shape index (κ2) is 7.38. The first-order valence-electron chi connectivity index (χ1n) is 5.31. The van der Waals surface area contributed by atoms with E-state index >= 15 is 0 Å². The lowest BCUT2D eigenvalue weighted by molar-refractivity contribution is -0.139. The van der Waals surface area contributed by atoms with Gasteiger partial charge in [0.1, 0.15) is 0 Å². The molecule has 0 saturated carbocycles. The van der Waals surface area contributed by atoms with Gasteiger partial charge in [0.25, 0.3) is 0 Å². The van der Waals surface area contributed by atoms with Gasteiger partial charge < -0.3 is 15.8 Å². The monoisotopic (exact) mass is 242 g/mol. The molecular weight excluding hydrogens is 224 g/mol. The number of nitrogens with two attached hydrogens (primary N) is 1. The van der Waals surface area contributed by atoms with E-state index in [-0.39, 0.29) is 5.97 Å². The van der Waals surface area contributed by atoms with Gasteiger partial charge in [-0.15, -0.1) is 11.3 Å². The number of esters is 1. The summed E-state index contributed by atoms with van der Waals surface area (Å²) in [7, 11) is 1.41. The lowest BCUT2D eigenvalue weighted by atomic mass is 10.3. The lowest BCUT2D eigenvalue weighted by Crippen LogP contribution is -2.17. The van der Waals surface area contributed by atoms with Crippen molar-refractivity contribution in [3.8, 4) is 0 Å². The van der Waals surface area contributed by atoms with Crippen LogP contribution in [0.5, 0.6) is 0 Å². The van der Waals surface area contributed by atoms with Gasteiger partial charge in [-0.1, -0.05) is 0 Å². The maximum absolute atomic E-state index is 11.0. The van der Waals surface area contributed by atoms with Crippen LogP contribution >= 0.6 is 11.3 Å². The zero-order chi connectivity index (χ0) is 11.8. The third-order valence-corrected chi connectivity index (χ3v) is 3.21. The molecule has 0 aliphatic heterocycles. The molecule has 0 aromatic carbocycles. The minimum Gasteiger partial charge on any atom is -0.469 e. The topological polar surface area (TPSA) is 64.3 Å². The van der Waals surface area contributed by atoms with Gasteiger partial charge in [-0.2, -0.15) is 0 Å². The third kappa shape index (κ3) is 4.74. The Balaban J connectivity index is 2.30. The van der Waals surface area contributed by atoms with Gasteiger partial charge in [0.15, 0.2) is 0 Å². The van der Waals surface area contributed by atoms with Crippen molar-refractivity contribution in [3.63, 3.8) is 0 Å². The summed E-state index contributed by atoms with van der Waals surface area (Å²) in [6, 6.07) is 4.01. The van der Waals surface area contributed by atoms with Gasteiger partial charge in [-0.05, 0) is 31.6 Å². The summed E-state index contributed by atoms with van der Waals surface area (Å²) in [5.74, 6) is -0.190. The first-order valence-corrected chi connectivity index (χ1v) is 6.13. The summed E-state index contributed by atoms with van der Waals surface area (Å²) in [5.41, 5.74) is 5.39. The third-order valence-electron chi connectivity index (χ3n) is 2.12. The van der Waals surface area contributed by atoms with Crippen LogP contribution in [0.15, 0.2) is 12.1 Å². The second-order valence-corrected chi connectivity index (χ2v) is 4.69. The van der Waals surface area contributed by atoms with Crippen LogP contribution in [0.1, 0.15) is 16.2 Å². The highest BCUT2D eigenvalue weighted by Crippen LogP contribution is 2.17. The van der Waals surface area contributed by atoms with Gasteiger partial charge >= 0.3 is 5.97 Å². The Hall–Kier alpha value is -0.910. The molecule has 90 valence electrons. The highest BCUT2D eigenvalue weighted by atomic mass is 32.1. The Morgan fingerprint density at radius 2 is 2.25 bits per heavy atom. The van der Waals surface area contributed by atoms with Crippen molar-refractivity contribution in [2.24, 2.45) is 5.73 Å². The van der Waals surface area contributed by atoms with Crippen LogP contribution in [0.2, 0.25) is 0 Å². The van der Waals surface area contributed by atoms with Crippen molar-refractivity contribution in [2.45, 2.75) is 19.4 Å². The van der Waals surface area contributed by atoms with Gasteiger partial charge in [-0.3, -0.25) is 4.79 Å². The minimum absolute atomic E-state index is 0.190. The minimum atomic E-state index is -0.190. The maximum Gasteiger partial charge on any atom is 0.310 e. The van der Waals surface area contributed by atoms with E-state index in [9.17, 15) is 4.79 Å². The number of carbonyl (C=O) groups excluding carboxylic acids is 1. The van der Waals surface area contributed by atoms with E-state index in [4.69, 9.17) is 5.73 Å². The van der Waals surface area contributed by atoms with Gasteiger partial charge in [0.2, 0.25) is 0 Å². The number of hydrogen-bond acceptors (Lipinski definition) is 5. The van der Waals surface area contributed by atoms with Crippen molar-refractivity contribution in [1.29, 1.82) is 0 Å². The van der Waals surface area contributed by atoms with E-state index in [0.717, 1.165) is 24.4 Å². The molecule has 5 heteroatoms. The first-order chi connectivity index (χ1) is 7.76. The molecule has 1 aromatic heterocycles. The van der Waals surface area contributed by atoms with Gasteiger partial charge in [0, 0.05) is 16.3 Å². The van der Waals surface area contributed by atoms with Crippen LogP contribution in [0.4, 0.5) is 0 Å². The molecule has 1 aromatic rings. The molecule has 0 aliphatic carbocycles. The van der Waals surface area contributed by atoms with Gasteiger partial charge in [0.05, 0.1) is 13.5 Å². The van der Waals surface area contributed by atoms with Crippen LogP contribution in [0.25, 0.3) is 0 Å². The van der Waals surface area contributed by atoms with E-state index in [0.29, 0.717) is 13.0 Å². The standard InChI is InChI=1S/C11H18N2O2S/c1-15-11(14)7-9-3-4-10(16-9)8-13-6-2-5-12/h3-4,13H,2,5-8,12H2,1H3. The fraction of sp³-hybridized carbons (Fsp3) is 0.545. The van der Waals surface area contributed by atoms with Crippen LogP contribution in [0.3, 0.4) is 0 Å². The molecular formula is C11H18N2O2S. The van der Waals surface area contributed by atoms with E-state index in [1.54, 1.807) is 11.3 Å². The lowest BCUT2D eigenvalue weighted by Gasteiger charge is -2.00. The van der Waals surface area contributed by atoms with Crippen molar-refractivity contribution >= 4 is 17.3 Å². The van der Waals surface area contributed by atoms with Crippen molar-refractivity contribution in [2.75, 3.05) is 20.2 Å². The molecule has 0 unspecified atom stereocenters. The smallest absolute Gasteiger partial charge is 0.310 e. The molecule has 1 heterocycles. The predicted molar refractivity (Wildman–Crippen MR) is 65.4 cm³/mol. The van der Waals surface area contributed by atoms with Crippen molar-refractivity contribution in [1.82, 2.24) is 5.32 Å². The zero-order valence-electron chi connectivity index (χ0n) is 9.49. The first kappa shape index (κ1) is 13.2. The fourth-order valence-corrected chi connectivity index (χ4v) is 2.24. The molecule has 16 heavy (non-hydrogen) atoms. The number of carbonyl (C=O) groups is 1. The highest BCUT2D eigenvalue weighted by Gasteiger charge is 2.05. The molecule has 0 fully saturated rings. The number of rotatable bonds is 7. The average molecular weight is 242 g/mol. The summed E-state index contributed by atoms with van der Waals surface area (Å²) in [6.45, 7) is 2.48. The average Bonchev–Trinajstić information content (AvgIpc) is 2.72. The van der Waals surface area contributed by atoms with Crippen LogP contribution in [-0.4, -0.2) is 26.2 Å². The van der Waals surface area contributed by atoms with Gasteiger partial charge in [-0.25, -0.2) is 0 Å². The molecule has 4 nitrogen and oxygen atoms in total. The molecule has 1 rings (SSSR count). The number of nitrogens with one attached hydrogen (secondary N) is 1. The second-order valence-electron chi connectivity index (χ2n) is 3.44. The van der Waals surface area contributed by atoms with E-state index in [1.165, 1.54) is 12.0 Å². The molecule has 0 spiro atoms. The molecule has 0 atom stereocenters. The summed E-state index contributed by atoms with van der Waals surface area (Å²) in [5, 5.41) is 3.30. The number of thiophene rings is 1. The van der Waals surface area contributed by atoms with E-state index in [1.807, 2.05) is 12.1 Å². The summed E-state index contributed by atoms with van der Waals surface area (Å²) >= 11 is 1.64. The molecule has 0 saturated heterocycles. The number of methoxy groups -OCH3 is 1. The molecule has 0 amide bonds. The molecule has 0 radical (unpaired) electrons.